The van der Waals surface area contributed by atoms with E-state index < -0.39 is 0 Å². The summed E-state index contributed by atoms with van der Waals surface area (Å²) in [6.45, 7) is 7.26. The molecule has 1 unspecified atom stereocenters. The van der Waals surface area contributed by atoms with Crippen molar-refractivity contribution in [3.63, 3.8) is 0 Å². The van der Waals surface area contributed by atoms with E-state index in [4.69, 9.17) is 0 Å². The monoisotopic (exact) mass is 411 g/mol. The van der Waals surface area contributed by atoms with Crippen LogP contribution in [0.15, 0.2) is 35.1 Å². The number of carbonyl (C=O) groups excluding carboxylic acids is 1. The van der Waals surface area contributed by atoms with E-state index in [0.717, 1.165) is 24.9 Å². The van der Waals surface area contributed by atoms with Gasteiger partial charge in [0.1, 0.15) is 11.9 Å². The molecule has 0 spiro atoms. The first-order chi connectivity index (χ1) is 13.8. The highest BCUT2D eigenvalue weighted by molar-refractivity contribution is 7.21. The molecule has 2 aromatic heterocycles. The highest BCUT2D eigenvalue weighted by atomic mass is 32.1. The number of amides is 1. The Bertz CT molecular complexity index is 1080. The van der Waals surface area contributed by atoms with E-state index in [1.165, 1.54) is 11.3 Å². The summed E-state index contributed by atoms with van der Waals surface area (Å²) in [5.74, 6) is 0.631. The number of aromatic nitrogens is 3. The summed E-state index contributed by atoms with van der Waals surface area (Å²) in [4.78, 5) is 39.9. The topological polar surface area (TPSA) is 91.0 Å². The van der Waals surface area contributed by atoms with E-state index >= 15 is 0 Å². The van der Waals surface area contributed by atoms with Crippen molar-refractivity contribution < 1.29 is 4.79 Å². The predicted molar refractivity (Wildman–Crippen MR) is 115 cm³/mol. The minimum Gasteiger partial charge on any atom is -0.350 e. The van der Waals surface area contributed by atoms with E-state index in [-0.39, 0.29) is 22.9 Å². The smallest absolute Gasteiger partial charge is 0.278 e. The highest BCUT2D eigenvalue weighted by Gasteiger charge is 2.33. The molecule has 8 heteroatoms. The number of H-pyrrole nitrogens is 1. The van der Waals surface area contributed by atoms with Crippen molar-refractivity contribution in [2.45, 2.75) is 51.6 Å². The molecule has 1 aliphatic heterocycles. The van der Waals surface area contributed by atoms with Crippen LogP contribution in [0.25, 0.3) is 10.3 Å². The maximum Gasteiger partial charge on any atom is 0.278 e. The van der Waals surface area contributed by atoms with Crippen LogP contribution in [0.1, 0.15) is 45.0 Å². The Morgan fingerprint density at radius 2 is 2.03 bits per heavy atom. The molecule has 1 fully saturated rings. The van der Waals surface area contributed by atoms with Gasteiger partial charge in [-0.3, -0.25) is 9.59 Å². The number of nitrogens with zero attached hydrogens (tertiary/aromatic N) is 3. The first-order valence-electron chi connectivity index (χ1n) is 9.82. The van der Waals surface area contributed by atoms with Crippen molar-refractivity contribution in [3.8, 4) is 0 Å². The summed E-state index contributed by atoms with van der Waals surface area (Å²) < 4.78 is 0. The molecule has 0 saturated carbocycles. The molecule has 0 bridgehead atoms. The van der Waals surface area contributed by atoms with E-state index in [2.05, 4.69) is 20.3 Å². The Morgan fingerprint density at radius 3 is 2.76 bits per heavy atom. The van der Waals surface area contributed by atoms with Gasteiger partial charge in [-0.15, -0.1) is 0 Å². The lowest BCUT2D eigenvalue weighted by Gasteiger charge is -2.23. The molecule has 29 heavy (non-hydrogen) atoms. The second-order valence-electron chi connectivity index (χ2n) is 8.37. The normalized spacial score (nSPS) is 17.1. The second kappa shape index (κ2) is 7.59. The lowest BCUT2D eigenvalue weighted by atomic mass is 9.96. The standard InChI is InChI=1S/C21H25N5O2S/c1-21(2,3)19-24-17(28)15-18(25-19)29-20(23-15)26-11-7-10-14(26)16(27)22-12-13-8-5-4-6-9-13/h4-6,8-9,14H,7,10-12H2,1-3H3,(H,22,27)(H,24,25,28). The van der Waals surface area contributed by atoms with Crippen LogP contribution in [-0.2, 0) is 16.8 Å². The van der Waals surface area contributed by atoms with Crippen molar-refractivity contribution in [1.82, 2.24) is 20.3 Å². The molecule has 152 valence electrons. The number of nitrogens with one attached hydrogen (secondary N) is 2. The summed E-state index contributed by atoms with van der Waals surface area (Å²) in [6.07, 6.45) is 1.68. The largest absolute Gasteiger partial charge is 0.350 e. The lowest BCUT2D eigenvalue weighted by Crippen LogP contribution is -2.43. The molecular weight excluding hydrogens is 386 g/mol. The molecule has 1 aromatic carbocycles. The molecule has 1 saturated heterocycles. The van der Waals surface area contributed by atoms with Crippen molar-refractivity contribution in [2.24, 2.45) is 0 Å². The quantitative estimate of drug-likeness (QED) is 0.689. The van der Waals surface area contributed by atoms with Crippen LogP contribution in [0.5, 0.6) is 0 Å². The van der Waals surface area contributed by atoms with Gasteiger partial charge in [-0.2, -0.15) is 0 Å². The average molecular weight is 412 g/mol. The van der Waals surface area contributed by atoms with Crippen LogP contribution < -0.4 is 15.8 Å². The van der Waals surface area contributed by atoms with E-state index in [0.29, 0.717) is 27.8 Å². The zero-order chi connectivity index (χ0) is 20.6. The number of hydrogen-bond donors (Lipinski definition) is 2. The third kappa shape index (κ3) is 4.03. The SMILES string of the molecule is CC(C)(C)c1nc2sc(N3CCCC3C(=O)NCc3ccccc3)nc2c(=O)[nH]1. The number of aromatic amines is 1. The Morgan fingerprint density at radius 1 is 1.28 bits per heavy atom. The van der Waals surface area contributed by atoms with Crippen molar-refractivity contribution >= 4 is 32.7 Å². The summed E-state index contributed by atoms with van der Waals surface area (Å²) in [6, 6.07) is 9.58. The number of fused-ring (bicyclic) bond motifs is 1. The van der Waals surface area contributed by atoms with Crippen LogP contribution in [0.2, 0.25) is 0 Å². The lowest BCUT2D eigenvalue weighted by molar-refractivity contribution is -0.122. The van der Waals surface area contributed by atoms with Crippen LogP contribution in [0, 0.1) is 0 Å². The number of rotatable bonds is 4. The van der Waals surface area contributed by atoms with Crippen LogP contribution >= 0.6 is 11.3 Å². The predicted octanol–water partition coefficient (Wildman–Crippen LogP) is 2.96. The van der Waals surface area contributed by atoms with Gasteiger partial charge in [-0.25, -0.2) is 9.97 Å². The Kier molecular flexibility index (Phi) is 5.12. The maximum atomic E-state index is 12.8. The van der Waals surface area contributed by atoms with Gasteiger partial charge in [-0.1, -0.05) is 62.4 Å². The van der Waals surface area contributed by atoms with Gasteiger partial charge in [0.05, 0.1) is 0 Å². The number of carbonyl (C=O) groups is 1. The summed E-state index contributed by atoms with van der Waals surface area (Å²) in [7, 11) is 0. The first-order valence-corrected chi connectivity index (χ1v) is 10.6. The van der Waals surface area contributed by atoms with Gasteiger partial charge in [0.25, 0.3) is 5.56 Å². The Balaban J connectivity index is 1.56. The fourth-order valence-corrected chi connectivity index (χ4v) is 4.49. The zero-order valence-electron chi connectivity index (χ0n) is 16.9. The Hall–Kier alpha value is -2.74. The maximum absolute atomic E-state index is 12.8. The molecule has 1 aliphatic rings. The first kappa shape index (κ1) is 19.6. The third-order valence-corrected chi connectivity index (χ3v) is 6.07. The molecule has 0 radical (unpaired) electrons. The fraction of sp³-hybridized carbons (Fsp3) is 0.429. The van der Waals surface area contributed by atoms with E-state index in [1.807, 2.05) is 56.0 Å². The third-order valence-electron chi connectivity index (χ3n) is 5.08. The number of thiazole rings is 1. The molecule has 2 N–H and O–H groups in total. The molecule has 1 atom stereocenters. The van der Waals surface area contributed by atoms with Crippen LogP contribution in [0.4, 0.5) is 5.13 Å². The minimum absolute atomic E-state index is 0.0112. The number of benzene rings is 1. The summed E-state index contributed by atoms with van der Waals surface area (Å²) in [5, 5.41) is 3.71. The Labute approximate surface area is 173 Å². The molecule has 1 amide bonds. The number of anilines is 1. The molecular formula is C21H25N5O2S. The van der Waals surface area contributed by atoms with Gasteiger partial charge < -0.3 is 15.2 Å². The zero-order valence-corrected chi connectivity index (χ0v) is 17.7. The van der Waals surface area contributed by atoms with Gasteiger partial charge in [0.2, 0.25) is 5.91 Å². The van der Waals surface area contributed by atoms with Gasteiger partial charge in [0, 0.05) is 18.5 Å². The van der Waals surface area contributed by atoms with Gasteiger partial charge in [-0.05, 0) is 18.4 Å². The van der Waals surface area contributed by atoms with Gasteiger partial charge >= 0.3 is 0 Å². The van der Waals surface area contributed by atoms with Crippen LogP contribution in [-0.4, -0.2) is 33.4 Å². The summed E-state index contributed by atoms with van der Waals surface area (Å²) >= 11 is 1.38. The fourth-order valence-electron chi connectivity index (χ4n) is 3.47. The van der Waals surface area contributed by atoms with Crippen molar-refractivity contribution in [3.05, 3.63) is 52.1 Å². The summed E-state index contributed by atoms with van der Waals surface area (Å²) in [5.41, 5.74) is 0.918. The second-order valence-corrected chi connectivity index (χ2v) is 9.33. The van der Waals surface area contributed by atoms with E-state index in [9.17, 15) is 9.59 Å². The average Bonchev–Trinajstić information content (AvgIpc) is 3.33. The van der Waals surface area contributed by atoms with E-state index in [1.54, 1.807) is 0 Å². The molecule has 7 nitrogen and oxygen atoms in total. The van der Waals surface area contributed by atoms with Gasteiger partial charge in [0.15, 0.2) is 15.5 Å². The molecule has 3 heterocycles. The van der Waals surface area contributed by atoms with Crippen molar-refractivity contribution in [2.75, 3.05) is 11.4 Å². The van der Waals surface area contributed by atoms with Crippen LogP contribution in [0.3, 0.4) is 0 Å². The molecule has 3 aromatic rings. The minimum atomic E-state index is -0.277. The molecule has 4 rings (SSSR count). The number of hydrogen-bond acceptors (Lipinski definition) is 6. The van der Waals surface area contributed by atoms with Crippen molar-refractivity contribution in [1.29, 1.82) is 0 Å². The molecule has 0 aliphatic carbocycles. The highest BCUT2D eigenvalue weighted by Crippen LogP contribution is 2.32.